The average Bonchev–Trinajstić information content (AvgIpc) is 2.87. The summed E-state index contributed by atoms with van der Waals surface area (Å²) in [7, 11) is 3.82. The van der Waals surface area contributed by atoms with Gasteiger partial charge in [0.25, 0.3) is 0 Å². The maximum atomic E-state index is 13.1. The van der Waals surface area contributed by atoms with Gasteiger partial charge < -0.3 is 9.64 Å². The molecule has 0 amide bonds. The van der Waals surface area contributed by atoms with Crippen LogP contribution in [0.5, 0.6) is 0 Å². The number of hydrogen-bond donors (Lipinski definition) is 0. The molecule has 2 aromatic rings. The van der Waals surface area contributed by atoms with Gasteiger partial charge in [-0.3, -0.25) is 4.79 Å². The highest BCUT2D eigenvalue weighted by Gasteiger charge is 2.49. The summed E-state index contributed by atoms with van der Waals surface area (Å²) >= 11 is 0. The maximum Gasteiger partial charge on any atom is 0.203 e. The maximum absolute atomic E-state index is 13.1. The monoisotopic (exact) mass is 293 g/mol. The van der Waals surface area contributed by atoms with Crippen LogP contribution in [-0.4, -0.2) is 31.4 Å². The Bertz CT molecular complexity index is 650. The molecule has 3 heteroatoms. The molecule has 0 aromatic heterocycles. The molecular formula is C19H19NO2. The van der Waals surface area contributed by atoms with E-state index in [1.807, 2.05) is 85.9 Å². The summed E-state index contributed by atoms with van der Waals surface area (Å²) < 4.78 is 6.09. The van der Waals surface area contributed by atoms with Crippen LogP contribution in [-0.2, 0) is 15.1 Å². The molecular weight excluding hydrogens is 274 g/mol. The van der Waals surface area contributed by atoms with Gasteiger partial charge in [-0.1, -0.05) is 60.7 Å². The number of carbonyl (C=O) groups is 1. The van der Waals surface area contributed by atoms with Crippen molar-refractivity contribution in [3.63, 3.8) is 0 Å². The molecule has 0 aliphatic carbocycles. The molecule has 2 aromatic carbocycles. The molecule has 1 heterocycles. The number of benzene rings is 2. The Hall–Kier alpha value is -2.39. The fourth-order valence-electron chi connectivity index (χ4n) is 2.89. The zero-order valence-electron chi connectivity index (χ0n) is 12.8. The molecule has 1 saturated heterocycles. The highest BCUT2D eigenvalue weighted by Crippen LogP contribution is 2.41. The topological polar surface area (TPSA) is 29.5 Å². The fraction of sp³-hybridized carbons (Fsp3) is 0.211. The van der Waals surface area contributed by atoms with E-state index in [1.54, 1.807) is 0 Å². The Morgan fingerprint density at radius 2 is 1.45 bits per heavy atom. The van der Waals surface area contributed by atoms with Crippen molar-refractivity contribution in [1.82, 2.24) is 4.90 Å². The average molecular weight is 293 g/mol. The molecule has 112 valence electrons. The predicted molar refractivity (Wildman–Crippen MR) is 86.4 cm³/mol. The zero-order chi connectivity index (χ0) is 15.6. The number of nitrogens with zero attached hydrogens (tertiary/aromatic N) is 1. The Morgan fingerprint density at radius 3 is 1.91 bits per heavy atom. The van der Waals surface area contributed by atoms with E-state index in [4.69, 9.17) is 4.74 Å². The molecule has 3 rings (SSSR count). The minimum absolute atomic E-state index is 0.0126. The first-order valence-corrected chi connectivity index (χ1v) is 7.31. The van der Waals surface area contributed by atoms with E-state index in [0.717, 1.165) is 11.1 Å². The van der Waals surface area contributed by atoms with E-state index >= 15 is 0 Å². The molecule has 0 radical (unpaired) electrons. The summed E-state index contributed by atoms with van der Waals surface area (Å²) in [5.74, 6) is 0.0126. The third-order valence-corrected chi connectivity index (χ3v) is 3.83. The van der Waals surface area contributed by atoms with E-state index in [1.165, 1.54) is 0 Å². The number of Topliss-reactive ketones (excluding diaryl/α,β-unsaturated/α-hetero) is 1. The van der Waals surface area contributed by atoms with Crippen LogP contribution in [0.2, 0.25) is 0 Å². The summed E-state index contributed by atoms with van der Waals surface area (Å²) in [5, 5.41) is 0. The fourth-order valence-corrected chi connectivity index (χ4v) is 2.89. The van der Waals surface area contributed by atoms with Gasteiger partial charge in [-0.25, -0.2) is 0 Å². The molecule has 0 bridgehead atoms. The van der Waals surface area contributed by atoms with E-state index in [0.29, 0.717) is 12.2 Å². The van der Waals surface area contributed by atoms with Gasteiger partial charge in [0.1, 0.15) is 0 Å². The van der Waals surface area contributed by atoms with Crippen molar-refractivity contribution in [2.75, 3.05) is 20.7 Å². The van der Waals surface area contributed by atoms with Gasteiger partial charge in [0.05, 0.1) is 6.61 Å². The Kier molecular flexibility index (Phi) is 3.82. The largest absolute Gasteiger partial charge is 0.383 e. The van der Waals surface area contributed by atoms with Crippen molar-refractivity contribution in [3.05, 3.63) is 83.6 Å². The van der Waals surface area contributed by atoms with E-state index in [-0.39, 0.29) is 5.78 Å². The molecule has 0 saturated carbocycles. The second kappa shape index (κ2) is 5.78. The lowest BCUT2D eigenvalue weighted by Crippen LogP contribution is -2.34. The highest BCUT2D eigenvalue weighted by atomic mass is 16.5. The van der Waals surface area contributed by atoms with E-state index < -0.39 is 5.60 Å². The molecule has 0 N–H and O–H groups in total. The molecule has 0 atom stereocenters. The lowest BCUT2D eigenvalue weighted by molar-refractivity contribution is -0.127. The number of hydrogen-bond acceptors (Lipinski definition) is 3. The van der Waals surface area contributed by atoms with E-state index in [2.05, 4.69) is 0 Å². The lowest BCUT2D eigenvalue weighted by atomic mass is 9.82. The zero-order valence-corrected chi connectivity index (χ0v) is 12.8. The van der Waals surface area contributed by atoms with Crippen molar-refractivity contribution in [2.24, 2.45) is 0 Å². The Balaban J connectivity index is 2.17. The summed E-state index contributed by atoms with van der Waals surface area (Å²) in [5.41, 5.74) is 1.39. The van der Waals surface area contributed by atoms with Crippen molar-refractivity contribution in [1.29, 1.82) is 0 Å². The first-order valence-electron chi connectivity index (χ1n) is 7.31. The summed E-state index contributed by atoms with van der Waals surface area (Å²) in [4.78, 5) is 15.0. The standard InChI is InChI=1S/C19H19NO2/c1-20(2)13-15-14-22-19(18(15)21,16-9-5-3-6-10-16)17-11-7-4-8-12-17/h3-13H,14H2,1-2H3/b15-13+. The van der Waals surface area contributed by atoms with Crippen LogP contribution in [0.3, 0.4) is 0 Å². The summed E-state index contributed by atoms with van der Waals surface area (Å²) in [6, 6.07) is 19.4. The van der Waals surface area contributed by atoms with Gasteiger partial charge in [0.15, 0.2) is 5.60 Å². The van der Waals surface area contributed by atoms with Crippen LogP contribution in [0, 0.1) is 0 Å². The number of carbonyl (C=O) groups excluding carboxylic acids is 1. The van der Waals surface area contributed by atoms with Crippen LogP contribution in [0.4, 0.5) is 0 Å². The molecule has 1 aliphatic rings. The summed E-state index contributed by atoms with van der Waals surface area (Å²) in [6.07, 6.45) is 1.84. The molecule has 22 heavy (non-hydrogen) atoms. The minimum Gasteiger partial charge on any atom is -0.383 e. The Morgan fingerprint density at radius 1 is 0.955 bits per heavy atom. The second-order valence-electron chi connectivity index (χ2n) is 5.65. The molecule has 0 unspecified atom stereocenters. The summed E-state index contributed by atoms with van der Waals surface area (Å²) in [6.45, 7) is 0.320. The number of ketones is 1. The minimum atomic E-state index is -1.04. The van der Waals surface area contributed by atoms with E-state index in [9.17, 15) is 4.79 Å². The second-order valence-corrected chi connectivity index (χ2v) is 5.65. The van der Waals surface area contributed by atoms with Crippen molar-refractivity contribution in [2.45, 2.75) is 5.60 Å². The van der Waals surface area contributed by atoms with Gasteiger partial charge in [-0.2, -0.15) is 0 Å². The van der Waals surface area contributed by atoms with Gasteiger partial charge in [0.2, 0.25) is 5.78 Å². The van der Waals surface area contributed by atoms with Crippen molar-refractivity contribution >= 4 is 5.78 Å². The highest BCUT2D eigenvalue weighted by molar-refractivity contribution is 6.06. The molecule has 1 aliphatic heterocycles. The normalized spacial score (nSPS) is 18.6. The lowest BCUT2D eigenvalue weighted by Gasteiger charge is -2.27. The molecule has 1 fully saturated rings. The van der Waals surface area contributed by atoms with Gasteiger partial charge >= 0.3 is 0 Å². The smallest absolute Gasteiger partial charge is 0.203 e. The van der Waals surface area contributed by atoms with Gasteiger partial charge in [0, 0.05) is 25.9 Å². The molecule has 3 nitrogen and oxygen atoms in total. The third-order valence-electron chi connectivity index (χ3n) is 3.83. The SMILES string of the molecule is CN(C)/C=C1\COC(c2ccccc2)(c2ccccc2)C1=O. The number of ether oxygens (including phenoxy) is 1. The van der Waals surface area contributed by atoms with Gasteiger partial charge in [-0.15, -0.1) is 0 Å². The van der Waals surface area contributed by atoms with Crippen molar-refractivity contribution < 1.29 is 9.53 Å². The predicted octanol–water partition coefficient (Wildman–Crippen LogP) is 2.98. The Labute approximate surface area is 130 Å². The third kappa shape index (κ3) is 2.34. The molecule has 0 spiro atoms. The van der Waals surface area contributed by atoms with Crippen LogP contribution in [0.1, 0.15) is 11.1 Å². The number of rotatable bonds is 3. The van der Waals surface area contributed by atoms with Crippen LogP contribution < -0.4 is 0 Å². The van der Waals surface area contributed by atoms with Crippen LogP contribution in [0.15, 0.2) is 72.4 Å². The first-order chi connectivity index (χ1) is 10.6. The van der Waals surface area contributed by atoms with Gasteiger partial charge in [-0.05, 0) is 11.1 Å². The van der Waals surface area contributed by atoms with Crippen LogP contribution >= 0.6 is 0 Å². The van der Waals surface area contributed by atoms with Crippen molar-refractivity contribution in [3.8, 4) is 0 Å². The quantitative estimate of drug-likeness (QED) is 0.815. The first kappa shape index (κ1) is 14.5. The van der Waals surface area contributed by atoms with Crippen LogP contribution in [0.25, 0.3) is 0 Å².